The first-order chi connectivity index (χ1) is 10.8. The molecule has 0 atom stereocenters. The van der Waals surface area contributed by atoms with Crippen LogP contribution in [0.25, 0.3) is 0 Å². The Labute approximate surface area is 131 Å². The van der Waals surface area contributed by atoms with Crippen LogP contribution in [0.3, 0.4) is 0 Å². The number of fused-ring (bicyclic) bond motifs is 1. The van der Waals surface area contributed by atoms with Gasteiger partial charge in [0, 0.05) is 13.1 Å². The van der Waals surface area contributed by atoms with E-state index < -0.39 is 0 Å². The van der Waals surface area contributed by atoms with Crippen LogP contribution in [0.2, 0.25) is 0 Å². The lowest BCUT2D eigenvalue weighted by Crippen LogP contribution is -2.19. The molecule has 1 heterocycles. The molecule has 0 saturated heterocycles. The van der Waals surface area contributed by atoms with E-state index in [1.165, 1.54) is 11.1 Å². The SMILES string of the molecule is COc1ccc(CNCCc2ccc3c(c2)NCCO3)cc1. The summed E-state index contributed by atoms with van der Waals surface area (Å²) in [5.41, 5.74) is 3.69. The number of methoxy groups -OCH3 is 1. The van der Waals surface area contributed by atoms with Gasteiger partial charge in [-0.15, -0.1) is 0 Å². The van der Waals surface area contributed by atoms with E-state index in [1.807, 2.05) is 12.1 Å². The Morgan fingerprint density at radius 2 is 1.95 bits per heavy atom. The largest absolute Gasteiger partial charge is 0.497 e. The molecule has 0 fully saturated rings. The zero-order chi connectivity index (χ0) is 15.2. The minimum absolute atomic E-state index is 0.746. The van der Waals surface area contributed by atoms with Crippen molar-refractivity contribution in [3.8, 4) is 11.5 Å². The summed E-state index contributed by atoms with van der Waals surface area (Å²) < 4.78 is 10.8. The van der Waals surface area contributed by atoms with E-state index in [0.29, 0.717) is 0 Å². The minimum Gasteiger partial charge on any atom is -0.497 e. The third kappa shape index (κ3) is 3.71. The third-order valence-electron chi connectivity index (χ3n) is 3.80. The highest BCUT2D eigenvalue weighted by Gasteiger charge is 2.09. The van der Waals surface area contributed by atoms with Crippen LogP contribution < -0.4 is 20.1 Å². The van der Waals surface area contributed by atoms with Crippen molar-refractivity contribution in [1.29, 1.82) is 0 Å². The number of anilines is 1. The Bertz CT molecular complexity index is 611. The third-order valence-corrected chi connectivity index (χ3v) is 3.80. The second-order valence-corrected chi connectivity index (χ2v) is 5.38. The second kappa shape index (κ2) is 7.18. The number of ether oxygens (including phenoxy) is 2. The van der Waals surface area contributed by atoms with Crippen molar-refractivity contribution in [1.82, 2.24) is 5.32 Å². The molecule has 1 aliphatic heterocycles. The van der Waals surface area contributed by atoms with Gasteiger partial charge in [-0.2, -0.15) is 0 Å². The molecule has 0 radical (unpaired) electrons. The fourth-order valence-corrected chi connectivity index (χ4v) is 2.55. The molecule has 0 saturated carbocycles. The van der Waals surface area contributed by atoms with Crippen molar-refractivity contribution in [2.75, 3.05) is 32.1 Å². The standard InChI is InChI=1S/C18H22N2O2/c1-21-16-5-2-15(3-6-16)13-19-9-8-14-4-7-18-17(12-14)20-10-11-22-18/h2-7,12,19-20H,8-11,13H2,1H3. The molecule has 116 valence electrons. The lowest BCUT2D eigenvalue weighted by molar-refractivity contribution is 0.323. The van der Waals surface area contributed by atoms with E-state index in [1.54, 1.807) is 7.11 Å². The summed E-state index contributed by atoms with van der Waals surface area (Å²) >= 11 is 0. The normalized spacial score (nSPS) is 13.0. The zero-order valence-corrected chi connectivity index (χ0v) is 12.9. The summed E-state index contributed by atoms with van der Waals surface area (Å²) in [6.45, 7) is 3.45. The van der Waals surface area contributed by atoms with Crippen molar-refractivity contribution >= 4 is 5.69 Å². The Balaban J connectivity index is 1.46. The van der Waals surface area contributed by atoms with Gasteiger partial charge in [0.15, 0.2) is 0 Å². The Hall–Kier alpha value is -2.20. The molecule has 4 nitrogen and oxygen atoms in total. The van der Waals surface area contributed by atoms with Crippen molar-refractivity contribution in [2.45, 2.75) is 13.0 Å². The van der Waals surface area contributed by atoms with Crippen LogP contribution >= 0.6 is 0 Å². The highest BCUT2D eigenvalue weighted by molar-refractivity contribution is 5.59. The van der Waals surface area contributed by atoms with Gasteiger partial charge in [0.05, 0.1) is 12.8 Å². The highest BCUT2D eigenvalue weighted by Crippen LogP contribution is 2.28. The van der Waals surface area contributed by atoms with Crippen LogP contribution in [0.5, 0.6) is 11.5 Å². The van der Waals surface area contributed by atoms with E-state index in [4.69, 9.17) is 9.47 Å². The molecule has 0 unspecified atom stereocenters. The quantitative estimate of drug-likeness (QED) is 0.805. The first kappa shape index (κ1) is 14.7. The van der Waals surface area contributed by atoms with E-state index in [-0.39, 0.29) is 0 Å². The molecule has 2 aromatic rings. The molecule has 2 N–H and O–H groups in total. The smallest absolute Gasteiger partial charge is 0.142 e. The molecule has 4 heteroatoms. The lowest BCUT2D eigenvalue weighted by Gasteiger charge is -2.19. The Morgan fingerprint density at radius 1 is 1.14 bits per heavy atom. The van der Waals surface area contributed by atoms with E-state index in [9.17, 15) is 0 Å². The van der Waals surface area contributed by atoms with Gasteiger partial charge in [-0.1, -0.05) is 18.2 Å². The Morgan fingerprint density at radius 3 is 2.77 bits per heavy atom. The summed E-state index contributed by atoms with van der Waals surface area (Å²) in [6.07, 6.45) is 1.01. The lowest BCUT2D eigenvalue weighted by atomic mass is 10.1. The molecule has 0 amide bonds. The summed E-state index contributed by atoms with van der Waals surface area (Å²) in [4.78, 5) is 0. The zero-order valence-electron chi connectivity index (χ0n) is 12.9. The molecule has 3 rings (SSSR count). The first-order valence-electron chi connectivity index (χ1n) is 7.68. The predicted molar refractivity (Wildman–Crippen MR) is 88.8 cm³/mol. The van der Waals surface area contributed by atoms with Gasteiger partial charge in [0.2, 0.25) is 0 Å². The topological polar surface area (TPSA) is 42.5 Å². The molecule has 0 spiro atoms. The van der Waals surface area contributed by atoms with Crippen LogP contribution in [0.15, 0.2) is 42.5 Å². The van der Waals surface area contributed by atoms with Gasteiger partial charge < -0.3 is 20.1 Å². The van der Waals surface area contributed by atoms with Crippen molar-refractivity contribution < 1.29 is 9.47 Å². The fraction of sp³-hybridized carbons (Fsp3) is 0.333. The van der Waals surface area contributed by atoms with Crippen molar-refractivity contribution in [3.63, 3.8) is 0 Å². The maximum absolute atomic E-state index is 5.59. The van der Waals surface area contributed by atoms with Crippen molar-refractivity contribution in [3.05, 3.63) is 53.6 Å². The van der Waals surface area contributed by atoms with Crippen molar-refractivity contribution in [2.24, 2.45) is 0 Å². The van der Waals surface area contributed by atoms with Gasteiger partial charge in [-0.3, -0.25) is 0 Å². The molecule has 2 aromatic carbocycles. The van der Waals surface area contributed by atoms with E-state index >= 15 is 0 Å². The summed E-state index contributed by atoms with van der Waals surface area (Å²) in [7, 11) is 1.69. The molecule has 1 aliphatic rings. The Kier molecular flexibility index (Phi) is 4.81. The van der Waals surface area contributed by atoms with Crippen LogP contribution in [0, 0.1) is 0 Å². The summed E-state index contributed by atoms with van der Waals surface area (Å²) in [5.74, 6) is 1.86. The average Bonchev–Trinajstić information content (AvgIpc) is 2.59. The van der Waals surface area contributed by atoms with Gasteiger partial charge >= 0.3 is 0 Å². The molecule has 22 heavy (non-hydrogen) atoms. The summed E-state index contributed by atoms with van der Waals surface area (Å²) in [5, 5.41) is 6.85. The monoisotopic (exact) mass is 298 g/mol. The average molecular weight is 298 g/mol. The summed E-state index contributed by atoms with van der Waals surface area (Å²) in [6, 6.07) is 14.5. The number of nitrogens with one attached hydrogen (secondary N) is 2. The van der Waals surface area contributed by atoms with E-state index in [2.05, 4.69) is 41.0 Å². The number of hydrogen-bond acceptors (Lipinski definition) is 4. The van der Waals surface area contributed by atoms with Gasteiger partial charge in [0.25, 0.3) is 0 Å². The van der Waals surface area contributed by atoms with Gasteiger partial charge in [-0.05, 0) is 48.4 Å². The molecule has 0 aromatic heterocycles. The maximum atomic E-state index is 5.59. The second-order valence-electron chi connectivity index (χ2n) is 5.38. The minimum atomic E-state index is 0.746. The van der Waals surface area contributed by atoms with E-state index in [0.717, 1.165) is 49.8 Å². The van der Waals surface area contributed by atoms with Crippen LogP contribution in [0.1, 0.15) is 11.1 Å². The molecular formula is C18H22N2O2. The van der Waals surface area contributed by atoms with Crippen LogP contribution in [0.4, 0.5) is 5.69 Å². The van der Waals surface area contributed by atoms with Gasteiger partial charge in [-0.25, -0.2) is 0 Å². The number of hydrogen-bond donors (Lipinski definition) is 2. The first-order valence-corrected chi connectivity index (χ1v) is 7.68. The number of rotatable bonds is 6. The highest BCUT2D eigenvalue weighted by atomic mass is 16.5. The maximum Gasteiger partial charge on any atom is 0.142 e. The molecular weight excluding hydrogens is 276 g/mol. The van der Waals surface area contributed by atoms with Gasteiger partial charge in [0.1, 0.15) is 18.1 Å². The van der Waals surface area contributed by atoms with Crippen LogP contribution in [-0.2, 0) is 13.0 Å². The fourth-order valence-electron chi connectivity index (χ4n) is 2.55. The molecule has 0 aliphatic carbocycles. The van der Waals surface area contributed by atoms with Crippen LogP contribution in [-0.4, -0.2) is 26.8 Å². The number of benzene rings is 2. The predicted octanol–water partition coefficient (Wildman–Crippen LogP) is 2.83. The molecule has 0 bridgehead atoms.